The van der Waals surface area contributed by atoms with Crippen molar-refractivity contribution in [2.45, 2.75) is 19.4 Å². The van der Waals surface area contributed by atoms with Crippen molar-refractivity contribution in [2.75, 3.05) is 7.11 Å². The van der Waals surface area contributed by atoms with Crippen molar-refractivity contribution in [2.24, 2.45) is 0 Å². The summed E-state index contributed by atoms with van der Waals surface area (Å²) >= 11 is 0. The number of aromatic hydroxyl groups is 1. The number of benzene rings is 1. The van der Waals surface area contributed by atoms with E-state index in [1.54, 1.807) is 18.2 Å². The van der Waals surface area contributed by atoms with Gasteiger partial charge in [-0.25, -0.2) is 0 Å². The van der Waals surface area contributed by atoms with E-state index in [0.717, 1.165) is 0 Å². The first kappa shape index (κ1) is 11.5. The van der Waals surface area contributed by atoms with E-state index in [9.17, 15) is 9.90 Å². The van der Waals surface area contributed by atoms with Crippen molar-refractivity contribution in [1.29, 1.82) is 0 Å². The fourth-order valence-corrected chi connectivity index (χ4v) is 1.31. The molecule has 4 heteroatoms. The molecule has 15 heavy (non-hydrogen) atoms. The summed E-state index contributed by atoms with van der Waals surface area (Å²) in [5.41, 5.74) is 1.12. The second-order valence-electron chi connectivity index (χ2n) is 3.16. The highest BCUT2D eigenvalue weighted by Crippen LogP contribution is 2.23. The number of hydrogen-bond donors (Lipinski definition) is 2. The third-order valence-corrected chi connectivity index (χ3v) is 2.20. The summed E-state index contributed by atoms with van der Waals surface area (Å²) in [6.45, 7) is -0.210. The molecule has 0 atom stereocenters. The molecule has 1 rings (SSSR count). The van der Waals surface area contributed by atoms with Crippen LogP contribution in [0, 0.1) is 0 Å². The third kappa shape index (κ3) is 2.95. The lowest BCUT2D eigenvalue weighted by atomic mass is 10.0. The summed E-state index contributed by atoms with van der Waals surface area (Å²) in [5.74, 6) is -0.257. The molecule has 0 saturated heterocycles. The van der Waals surface area contributed by atoms with Crippen molar-refractivity contribution >= 4 is 5.97 Å². The van der Waals surface area contributed by atoms with E-state index in [1.807, 2.05) is 0 Å². The first-order chi connectivity index (χ1) is 7.19. The highest BCUT2D eigenvalue weighted by molar-refractivity contribution is 5.69. The lowest BCUT2D eigenvalue weighted by Gasteiger charge is -2.07. The van der Waals surface area contributed by atoms with Gasteiger partial charge in [-0.05, 0) is 12.0 Å². The minimum absolute atomic E-state index is 0.0592. The number of ether oxygens (including phenoxy) is 1. The van der Waals surface area contributed by atoms with Crippen LogP contribution in [0.25, 0.3) is 0 Å². The first-order valence-corrected chi connectivity index (χ1v) is 4.66. The molecule has 0 saturated carbocycles. The van der Waals surface area contributed by atoms with Crippen molar-refractivity contribution in [3.8, 4) is 5.75 Å². The average molecular weight is 210 g/mol. The minimum Gasteiger partial charge on any atom is -0.507 e. The quantitative estimate of drug-likeness (QED) is 0.727. The van der Waals surface area contributed by atoms with Gasteiger partial charge in [-0.15, -0.1) is 0 Å². The Labute approximate surface area is 88.1 Å². The Kier molecular flexibility index (Phi) is 4.12. The van der Waals surface area contributed by atoms with Crippen molar-refractivity contribution in [3.63, 3.8) is 0 Å². The first-order valence-electron chi connectivity index (χ1n) is 4.66. The number of hydrogen-bond acceptors (Lipinski definition) is 4. The predicted octanol–water partition coefficient (Wildman–Crippen LogP) is 0.990. The van der Waals surface area contributed by atoms with Crippen molar-refractivity contribution < 1.29 is 19.7 Å². The monoisotopic (exact) mass is 210 g/mol. The Hall–Kier alpha value is -1.55. The highest BCUT2D eigenvalue weighted by atomic mass is 16.5. The second-order valence-corrected chi connectivity index (χ2v) is 3.16. The number of phenols is 1. The number of aliphatic hydroxyl groups excluding tert-OH is 1. The maximum atomic E-state index is 10.9. The van der Waals surface area contributed by atoms with Gasteiger partial charge in [0.1, 0.15) is 5.75 Å². The average Bonchev–Trinajstić information content (AvgIpc) is 2.27. The van der Waals surface area contributed by atoms with Gasteiger partial charge in [0.15, 0.2) is 0 Å². The van der Waals surface area contributed by atoms with E-state index in [-0.39, 0.29) is 24.7 Å². The Bertz CT molecular complexity index is 346. The van der Waals surface area contributed by atoms with Gasteiger partial charge in [-0.1, -0.05) is 18.2 Å². The molecule has 0 unspecified atom stereocenters. The number of esters is 1. The normalized spacial score (nSPS) is 10.0. The van der Waals surface area contributed by atoms with E-state index in [2.05, 4.69) is 4.74 Å². The van der Waals surface area contributed by atoms with Gasteiger partial charge in [-0.3, -0.25) is 4.79 Å². The van der Waals surface area contributed by atoms with Gasteiger partial charge in [-0.2, -0.15) is 0 Å². The van der Waals surface area contributed by atoms with Gasteiger partial charge in [0.2, 0.25) is 0 Å². The molecule has 0 aliphatic rings. The molecule has 0 aromatic heterocycles. The molecule has 0 aliphatic heterocycles. The van der Waals surface area contributed by atoms with Crippen LogP contribution in [-0.2, 0) is 22.6 Å². The molecule has 0 spiro atoms. The van der Waals surface area contributed by atoms with Crippen molar-refractivity contribution in [3.05, 3.63) is 29.3 Å². The van der Waals surface area contributed by atoms with Crippen LogP contribution in [0.3, 0.4) is 0 Å². The summed E-state index contributed by atoms with van der Waals surface area (Å²) in [7, 11) is 1.33. The zero-order valence-electron chi connectivity index (χ0n) is 8.56. The number of aryl methyl sites for hydroxylation is 1. The number of carbonyl (C=O) groups excluding carboxylic acids is 1. The van der Waals surface area contributed by atoms with Crippen LogP contribution in [0.2, 0.25) is 0 Å². The maximum absolute atomic E-state index is 10.9. The predicted molar refractivity (Wildman–Crippen MR) is 54.4 cm³/mol. The molecule has 0 amide bonds. The molecule has 2 N–H and O–H groups in total. The summed E-state index contributed by atoms with van der Waals surface area (Å²) < 4.78 is 4.50. The van der Waals surface area contributed by atoms with Crippen LogP contribution in [-0.4, -0.2) is 23.3 Å². The molecule has 0 heterocycles. The van der Waals surface area contributed by atoms with Crippen LogP contribution >= 0.6 is 0 Å². The Morgan fingerprint density at radius 1 is 1.40 bits per heavy atom. The summed E-state index contributed by atoms with van der Waals surface area (Å²) in [6, 6.07) is 5.09. The van der Waals surface area contributed by atoms with Gasteiger partial charge in [0, 0.05) is 12.0 Å². The van der Waals surface area contributed by atoms with Crippen LogP contribution in [0.4, 0.5) is 0 Å². The molecule has 4 nitrogen and oxygen atoms in total. The number of aliphatic hydroxyl groups is 1. The Balaban J connectivity index is 2.73. The Morgan fingerprint density at radius 2 is 2.07 bits per heavy atom. The fraction of sp³-hybridized carbons (Fsp3) is 0.364. The van der Waals surface area contributed by atoms with Crippen molar-refractivity contribution in [1.82, 2.24) is 0 Å². The van der Waals surface area contributed by atoms with Gasteiger partial charge >= 0.3 is 5.97 Å². The number of para-hydroxylation sites is 1. The van der Waals surface area contributed by atoms with E-state index < -0.39 is 0 Å². The maximum Gasteiger partial charge on any atom is 0.305 e. The number of methoxy groups -OCH3 is 1. The third-order valence-electron chi connectivity index (χ3n) is 2.20. The molecule has 1 aromatic carbocycles. The summed E-state index contributed by atoms with van der Waals surface area (Å²) in [4.78, 5) is 10.9. The van der Waals surface area contributed by atoms with Gasteiger partial charge in [0.05, 0.1) is 13.7 Å². The largest absolute Gasteiger partial charge is 0.507 e. The molecule has 0 radical (unpaired) electrons. The minimum atomic E-state index is -0.316. The lowest BCUT2D eigenvalue weighted by molar-refractivity contribution is -0.140. The van der Waals surface area contributed by atoms with E-state index in [4.69, 9.17) is 5.11 Å². The van der Waals surface area contributed by atoms with Gasteiger partial charge in [0.25, 0.3) is 0 Å². The van der Waals surface area contributed by atoms with Gasteiger partial charge < -0.3 is 14.9 Å². The summed E-state index contributed by atoms with van der Waals surface area (Å²) in [5, 5.41) is 18.6. The summed E-state index contributed by atoms with van der Waals surface area (Å²) in [6.07, 6.45) is 0.630. The zero-order valence-corrected chi connectivity index (χ0v) is 8.56. The molecule has 1 aromatic rings. The fourth-order valence-electron chi connectivity index (χ4n) is 1.31. The van der Waals surface area contributed by atoms with E-state index in [0.29, 0.717) is 17.5 Å². The van der Waals surface area contributed by atoms with E-state index >= 15 is 0 Å². The van der Waals surface area contributed by atoms with Crippen LogP contribution < -0.4 is 0 Å². The molecule has 0 bridgehead atoms. The standard InChI is InChI=1S/C11H14O4/c1-15-10(13)6-5-8-3-2-4-9(7-12)11(8)14/h2-4,12,14H,5-7H2,1H3. The molecular weight excluding hydrogens is 196 g/mol. The van der Waals surface area contributed by atoms with Crippen LogP contribution in [0.1, 0.15) is 17.5 Å². The molecule has 82 valence electrons. The SMILES string of the molecule is COC(=O)CCc1cccc(CO)c1O. The van der Waals surface area contributed by atoms with E-state index in [1.165, 1.54) is 7.11 Å². The number of carbonyl (C=O) groups is 1. The highest BCUT2D eigenvalue weighted by Gasteiger charge is 2.08. The molecule has 0 aliphatic carbocycles. The topological polar surface area (TPSA) is 66.8 Å². The molecular formula is C11H14O4. The second kappa shape index (κ2) is 5.36. The smallest absolute Gasteiger partial charge is 0.305 e. The van der Waals surface area contributed by atoms with Crippen LogP contribution in [0.15, 0.2) is 18.2 Å². The zero-order chi connectivity index (χ0) is 11.3. The van der Waals surface area contributed by atoms with Crippen LogP contribution in [0.5, 0.6) is 5.75 Å². The number of rotatable bonds is 4. The Morgan fingerprint density at radius 3 is 2.67 bits per heavy atom. The molecule has 0 fully saturated rings. The lowest BCUT2D eigenvalue weighted by Crippen LogP contribution is -2.02.